The zero-order valence-corrected chi connectivity index (χ0v) is 13.6. The topological polar surface area (TPSA) is 84.9 Å². The largest absolute Gasteiger partial charge is 0.493 e. The number of sulfonamides is 1. The van der Waals surface area contributed by atoms with Crippen LogP contribution in [0, 0.1) is 0 Å². The maximum atomic E-state index is 12.4. The third-order valence-electron chi connectivity index (χ3n) is 3.26. The summed E-state index contributed by atoms with van der Waals surface area (Å²) in [6.45, 7) is -0.331. The lowest BCUT2D eigenvalue weighted by molar-refractivity contribution is 0.269. The third kappa shape index (κ3) is 3.63. The highest BCUT2D eigenvalue weighted by atomic mass is 32.2. The quantitative estimate of drug-likeness (QED) is 0.807. The molecule has 21 heavy (non-hydrogen) atoms. The van der Waals surface area contributed by atoms with Crippen LogP contribution in [0.3, 0.4) is 0 Å². The van der Waals surface area contributed by atoms with E-state index in [1.807, 2.05) is 0 Å². The number of methoxy groups -OCH3 is 2. The maximum Gasteiger partial charge on any atom is 0.240 e. The number of rotatable bonds is 6. The van der Waals surface area contributed by atoms with Crippen molar-refractivity contribution in [1.29, 1.82) is 0 Å². The van der Waals surface area contributed by atoms with Crippen LogP contribution in [0.25, 0.3) is 0 Å². The van der Waals surface area contributed by atoms with Crippen molar-refractivity contribution in [3.8, 4) is 11.5 Å². The standard InChI is InChI=1S/C13H19NO5S2/c1-18-12-6-11(5-9(7-15)13(12)19-2)21(16,17)14-10-3-4-20-8-10/h5-6,10,14-15H,3-4,7-8H2,1-2H3. The van der Waals surface area contributed by atoms with E-state index in [4.69, 9.17) is 9.47 Å². The van der Waals surface area contributed by atoms with Crippen molar-refractivity contribution in [2.45, 2.75) is 24.0 Å². The fourth-order valence-corrected chi connectivity index (χ4v) is 4.80. The Morgan fingerprint density at radius 1 is 1.38 bits per heavy atom. The second kappa shape index (κ2) is 6.87. The lowest BCUT2D eigenvalue weighted by Gasteiger charge is -2.16. The molecule has 1 heterocycles. The first-order chi connectivity index (χ1) is 10.0. The van der Waals surface area contributed by atoms with E-state index in [2.05, 4.69) is 4.72 Å². The van der Waals surface area contributed by atoms with Gasteiger partial charge >= 0.3 is 0 Å². The highest BCUT2D eigenvalue weighted by Gasteiger charge is 2.25. The van der Waals surface area contributed by atoms with E-state index in [-0.39, 0.29) is 23.3 Å². The summed E-state index contributed by atoms with van der Waals surface area (Å²) in [5, 5.41) is 9.39. The van der Waals surface area contributed by atoms with E-state index in [0.29, 0.717) is 11.3 Å². The van der Waals surface area contributed by atoms with Crippen molar-refractivity contribution in [1.82, 2.24) is 4.72 Å². The first-order valence-electron chi connectivity index (χ1n) is 6.47. The summed E-state index contributed by atoms with van der Waals surface area (Å²) < 4.78 is 37.8. The minimum atomic E-state index is -3.64. The zero-order chi connectivity index (χ0) is 15.5. The molecular weight excluding hydrogens is 314 g/mol. The average molecular weight is 333 g/mol. The smallest absolute Gasteiger partial charge is 0.240 e. The van der Waals surface area contributed by atoms with Crippen LogP contribution in [0.5, 0.6) is 11.5 Å². The van der Waals surface area contributed by atoms with Crippen LogP contribution in [0.2, 0.25) is 0 Å². The van der Waals surface area contributed by atoms with Gasteiger partial charge in [0.2, 0.25) is 10.0 Å². The number of nitrogens with one attached hydrogen (secondary N) is 1. The molecule has 2 N–H and O–H groups in total. The Morgan fingerprint density at radius 3 is 2.67 bits per heavy atom. The van der Waals surface area contributed by atoms with Gasteiger partial charge in [0.05, 0.1) is 25.7 Å². The summed E-state index contributed by atoms with van der Waals surface area (Å²) in [4.78, 5) is 0.0705. The molecule has 1 saturated heterocycles. The second-order valence-corrected chi connectivity index (χ2v) is 7.52. The molecule has 0 aliphatic carbocycles. The van der Waals surface area contributed by atoms with Crippen molar-refractivity contribution in [2.75, 3.05) is 25.7 Å². The van der Waals surface area contributed by atoms with Gasteiger partial charge in [0.25, 0.3) is 0 Å². The molecule has 0 amide bonds. The lowest BCUT2D eigenvalue weighted by atomic mass is 10.2. The van der Waals surface area contributed by atoms with Gasteiger partial charge in [-0.1, -0.05) is 0 Å². The normalized spacial score (nSPS) is 18.7. The molecule has 118 valence electrons. The molecule has 2 rings (SSSR count). The molecule has 1 aromatic rings. The Hall–Kier alpha value is -0.960. The van der Waals surface area contributed by atoms with Gasteiger partial charge in [-0.2, -0.15) is 11.8 Å². The Morgan fingerprint density at radius 2 is 2.14 bits per heavy atom. The van der Waals surface area contributed by atoms with E-state index in [1.54, 1.807) is 11.8 Å². The number of thioether (sulfide) groups is 1. The molecular formula is C13H19NO5S2. The molecule has 1 aliphatic rings. The Bertz CT molecular complexity index is 572. The van der Waals surface area contributed by atoms with Crippen molar-refractivity contribution >= 4 is 21.8 Å². The van der Waals surface area contributed by atoms with Gasteiger partial charge in [-0.15, -0.1) is 0 Å². The molecule has 6 nitrogen and oxygen atoms in total. The van der Waals surface area contributed by atoms with Crippen LogP contribution in [0.1, 0.15) is 12.0 Å². The van der Waals surface area contributed by atoms with Crippen molar-refractivity contribution in [3.63, 3.8) is 0 Å². The predicted molar refractivity (Wildman–Crippen MR) is 81.5 cm³/mol. The number of aliphatic hydroxyl groups excluding tert-OH is 1. The van der Waals surface area contributed by atoms with Gasteiger partial charge in [0.1, 0.15) is 0 Å². The van der Waals surface area contributed by atoms with E-state index in [0.717, 1.165) is 17.9 Å². The van der Waals surface area contributed by atoms with Crippen LogP contribution in [-0.2, 0) is 16.6 Å². The van der Waals surface area contributed by atoms with Crippen molar-refractivity contribution < 1.29 is 23.0 Å². The van der Waals surface area contributed by atoms with E-state index in [9.17, 15) is 13.5 Å². The Balaban J connectivity index is 2.38. The Labute approximate surface area is 128 Å². The Kier molecular flexibility index (Phi) is 5.37. The minimum absolute atomic E-state index is 0.0503. The summed E-state index contributed by atoms with van der Waals surface area (Å²) >= 11 is 1.73. The molecule has 1 aliphatic heterocycles. The molecule has 0 saturated carbocycles. The average Bonchev–Trinajstić information content (AvgIpc) is 2.97. The molecule has 0 aromatic heterocycles. The molecule has 1 fully saturated rings. The lowest BCUT2D eigenvalue weighted by Crippen LogP contribution is -2.34. The first-order valence-corrected chi connectivity index (χ1v) is 9.11. The van der Waals surface area contributed by atoms with Crippen LogP contribution >= 0.6 is 11.8 Å². The van der Waals surface area contributed by atoms with E-state index < -0.39 is 10.0 Å². The number of benzene rings is 1. The molecule has 8 heteroatoms. The zero-order valence-electron chi connectivity index (χ0n) is 12.0. The van der Waals surface area contributed by atoms with Gasteiger partial charge in [-0.3, -0.25) is 0 Å². The predicted octanol–water partition coefficient (Wildman–Crippen LogP) is 0.980. The number of hydrogen-bond donors (Lipinski definition) is 2. The summed E-state index contributed by atoms with van der Waals surface area (Å²) in [5.41, 5.74) is 0.373. The van der Waals surface area contributed by atoms with Crippen LogP contribution in [-0.4, -0.2) is 45.3 Å². The summed E-state index contributed by atoms with van der Waals surface area (Å²) in [6.07, 6.45) is 0.823. The molecule has 1 unspecified atom stereocenters. The summed E-state index contributed by atoms with van der Waals surface area (Å²) in [7, 11) is -0.773. The van der Waals surface area contributed by atoms with Gasteiger partial charge in [0.15, 0.2) is 11.5 Å². The van der Waals surface area contributed by atoms with Gasteiger partial charge in [-0.05, 0) is 18.2 Å². The molecule has 0 radical (unpaired) electrons. The van der Waals surface area contributed by atoms with Gasteiger partial charge < -0.3 is 14.6 Å². The molecule has 0 spiro atoms. The summed E-state index contributed by atoms with van der Waals surface area (Å²) in [5.74, 6) is 2.36. The number of ether oxygens (including phenoxy) is 2. The SMILES string of the molecule is COc1cc(S(=O)(=O)NC2CCSC2)cc(CO)c1OC. The van der Waals surface area contributed by atoms with Gasteiger partial charge in [0, 0.05) is 23.4 Å². The van der Waals surface area contributed by atoms with E-state index in [1.165, 1.54) is 26.4 Å². The second-order valence-electron chi connectivity index (χ2n) is 4.66. The first kappa shape index (κ1) is 16.4. The minimum Gasteiger partial charge on any atom is -0.493 e. The van der Waals surface area contributed by atoms with Crippen LogP contribution < -0.4 is 14.2 Å². The van der Waals surface area contributed by atoms with Crippen molar-refractivity contribution in [2.24, 2.45) is 0 Å². The molecule has 1 atom stereocenters. The number of hydrogen-bond acceptors (Lipinski definition) is 6. The van der Waals surface area contributed by atoms with Crippen LogP contribution in [0.15, 0.2) is 17.0 Å². The monoisotopic (exact) mass is 333 g/mol. The van der Waals surface area contributed by atoms with Crippen LogP contribution in [0.4, 0.5) is 0 Å². The third-order valence-corrected chi connectivity index (χ3v) is 5.92. The van der Waals surface area contributed by atoms with E-state index >= 15 is 0 Å². The fourth-order valence-electron chi connectivity index (χ4n) is 2.20. The summed E-state index contributed by atoms with van der Waals surface area (Å²) in [6, 6.07) is 2.76. The fraction of sp³-hybridized carbons (Fsp3) is 0.538. The highest BCUT2D eigenvalue weighted by molar-refractivity contribution is 7.99. The molecule has 1 aromatic carbocycles. The highest BCUT2D eigenvalue weighted by Crippen LogP contribution is 2.34. The van der Waals surface area contributed by atoms with Crippen molar-refractivity contribution in [3.05, 3.63) is 17.7 Å². The molecule has 0 bridgehead atoms. The maximum absolute atomic E-state index is 12.4. The van der Waals surface area contributed by atoms with Gasteiger partial charge in [-0.25, -0.2) is 13.1 Å². The number of aliphatic hydroxyl groups is 1.